The molecule has 1 aliphatic carbocycles. The Balaban J connectivity index is 1.81. The van der Waals surface area contributed by atoms with E-state index in [1.165, 1.54) is 6.07 Å². The lowest BCUT2D eigenvalue weighted by Crippen LogP contribution is -2.56. The van der Waals surface area contributed by atoms with Gasteiger partial charge in [-0.3, -0.25) is 0 Å². The van der Waals surface area contributed by atoms with E-state index in [1.54, 1.807) is 12.1 Å². The third-order valence-electron chi connectivity index (χ3n) is 4.20. The molecule has 1 saturated carbocycles. The Labute approximate surface area is 113 Å². The van der Waals surface area contributed by atoms with Gasteiger partial charge in [-0.25, -0.2) is 4.39 Å². The summed E-state index contributed by atoms with van der Waals surface area (Å²) in [5, 5.41) is 3.27. The van der Waals surface area contributed by atoms with Crippen molar-refractivity contribution in [2.45, 2.75) is 43.9 Å². The van der Waals surface area contributed by atoms with Gasteiger partial charge in [0, 0.05) is 37.5 Å². The van der Waals surface area contributed by atoms with Crippen LogP contribution in [0.15, 0.2) is 18.2 Å². The van der Waals surface area contributed by atoms with E-state index in [1.807, 2.05) is 14.0 Å². The first-order valence-electron chi connectivity index (χ1n) is 6.93. The maximum Gasteiger partial charge on any atom is 0.125 e. The van der Waals surface area contributed by atoms with Crippen LogP contribution in [0, 0.1) is 5.82 Å². The number of rotatable bonds is 3. The van der Waals surface area contributed by atoms with Crippen LogP contribution < -0.4 is 10.1 Å². The Kier molecular flexibility index (Phi) is 3.23. The highest BCUT2D eigenvalue weighted by atomic mass is 19.1. The van der Waals surface area contributed by atoms with Crippen molar-refractivity contribution in [2.75, 3.05) is 13.7 Å². The number of benzene rings is 1. The monoisotopic (exact) mass is 265 g/mol. The summed E-state index contributed by atoms with van der Waals surface area (Å²) in [6, 6.07) is 4.93. The molecule has 1 unspecified atom stereocenters. The lowest BCUT2D eigenvalue weighted by atomic mass is 9.71. The summed E-state index contributed by atoms with van der Waals surface area (Å²) in [5.41, 5.74) is 0.797. The lowest BCUT2D eigenvalue weighted by Gasteiger charge is -2.51. The highest BCUT2D eigenvalue weighted by Gasteiger charge is 2.51. The maximum atomic E-state index is 13.4. The molecule has 1 aliphatic heterocycles. The predicted molar refractivity (Wildman–Crippen MR) is 70.8 cm³/mol. The highest BCUT2D eigenvalue weighted by Crippen LogP contribution is 2.49. The molecular weight excluding hydrogens is 245 g/mol. The van der Waals surface area contributed by atoms with Gasteiger partial charge in [0.1, 0.15) is 17.2 Å². The van der Waals surface area contributed by atoms with E-state index in [-0.39, 0.29) is 17.5 Å². The van der Waals surface area contributed by atoms with Crippen LogP contribution in [0.4, 0.5) is 4.39 Å². The zero-order chi connectivity index (χ0) is 13.5. The SMILES string of the molecule is CCOC1CC2(C1)CC(NC)c1cc(F)ccc1O2. The molecule has 4 heteroatoms. The average molecular weight is 265 g/mol. The Morgan fingerprint density at radius 1 is 1.42 bits per heavy atom. The van der Waals surface area contributed by atoms with Gasteiger partial charge in [0.15, 0.2) is 0 Å². The molecule has 0 saturated heterocycles. The molecule has 1 atom stereocenters. The van der Waals surface area contributed by atoms with Gasteiger partial charge in [-0.05, 0) is 32.2 Å². The molecule has 0 amide bonds. The molecule has 0 radical (unpaired) electrons. The van der Waals surface area contributed by atoms with E-state index in [2.05, 4.69) is 5.32 Å². The van der Waals surface area contributed by atoms with Crippen molar-refractivity contribution in [1.29, 1.82) is 0 Å². The van der Waals surface area contributed by atoms with Crippen LogP contribution in [0.2, 0.25) is 0 Å². The van der Waals surface area contributed by atoms with Crippen molar-refractivity contribution in [3.8, 4) is 5.75 Å². The van der Waals surface area contributed by atoms with Crippen LogP contribution in [0.5, 0.6) is 5.75 Å². The molecule has 1 aromatic rings. The van der Waals surface area contributed by atoms with Crippen LogP contribution in [0.1, 0.15) is 37.8 Å². The first-order chi connectivity index (χ1) is 9.15. The third kappa shape index (κ3) is 2.23. The van der Waals surface area contributed by atoms with Crippen LogP contribution in [-0.2, 0) is 4.74 Å². The minimum atomic E-state index is -0.209. The molecule has 1 aromatic carbocycles. The van der Waals surface area contributed by atoms with Crippen LogP contribution >= 0.6 is 0 Å². The third-order valence-corrected chi connectivity index (χ3v) is 4.20. The van der Waals surface area contributed by atoms with Gasteiger partial charge in [0.05, 0.1) is 6.10 Å². The van der Waals surface area contributed by atoms with Crippen LogP contribution in [0.25, 0.3) is 0 Å². The van der Waals surface area contributed by atoms with Crippen molar-refractivity contribution in [3.05, 3.63) is 29.6 Å². The fourth-order valence-electron chi connectivity index (χ4n) is 3.27. The summed E-state index contributed by atoms with van der Waals surface area (Å²) in [7, 11) is 1.91. The smallest absolute Gasteiger partial charge is 0.125 e. The van der Waals surface area contributed by atoms with Crippen molar-refractivity contribution in [3.63, 3.8) is 0 Å². The number of nitrogens with one attached hydrogen (secondary N) is 1. The summed E-state index contributed by atoms with van der Waals surface area (Å²) in [6.07, 6.45) is 3.04. The molecule has 0 bridgehead atoms. The first-order valence-corrected chi connectivity index (χ1v) is 6.93. The van der Waals surface area contributed by atoms with E-state index in [0.717, 1.165) is 37.2 Å². The van der Waals surface area contributed by atoms with Crippen molar-refractivity contribution < 1.29 is 13.9 Å². The molecule has 1 fully saturated rings. The van der Waals surface area contributed by atoms with Gasteiger partial charge >= 0.3 is 0 Å². The van der Waals surface area contributed by atoms with Gasteiger partial charge in [0.25, 0.3) is 0 Å². The fraction of sp³-hybridized carbons (Fsp3) is 0.600. The van der Waals surface area contributed by atoms with Gasteiger partial charge in [-0.2, -0.15) is 0 Å². The Hall–Kier alpha value is -1.13. The second kappa shape index (κ2) is 4.76. The van der Waals surface area contributed by atoms with E-state index < -0.39 is 0 Å². The molecule has 3 nitrogen and oxygen atoms in total. The largest absolute Gasteiger partial charge is 0.487 e. The Morgan fingerprint density at radius 3 is 2.89 bits per heavy atom. The molecule has 2 aliphatic rings. The minimum Gasteiger partial charge on any atom is -0.487 e. The molecule has 1 N–H and O–H groups in total. The minimum absolute atomic E-state index is 0.127. The summed E-state index contributed by atoms with van der Waals surface area (Å²) in [6.45, 7) is 2.76. The first kappa shape index (κ1) is 12.9. The molecule has 1 spiro atoms. The van der Waals surface area contributed by atoms with Gasteiger partial charge in [-0.15, -0.1) is 0 Å². The van der Waals surface area contributed by atoms with Crippen LogP contribution in [-0.4, -0.2) is 25.4 Å². The number of hydrogen-bond acceptors (Lipinski definition) is 3. The summed E-state index contributed by atoms with van der Waals surface area (Å²) >= 11 is 0. The second-order valence-corrected chi connectivity index (χ2v) is 5.50. The average Bonchev–Trinajstić information content (AvgIpc) is 2.37. The van der Waals surface area contributed by atoms with Crippen molar-refractivity contribution >= 4 is 0 Å². The highest BCUT2D eigenvalue weighted by molar-refractivity contribution is 5.40. The Bertz CT molecular complexity index is 471. The summed E-state index contributed by atoms with van der Waals surface area (Å²) in [5.74, 6) is 0.598. The van der Waals surface area contributed by atoms with Crippen molar-refractivity contribution in [1.82, 2.24) is 5.32 Å². The molecular formula is C15H20FNO2. The lowest BCUT2D eigenvalue weighted by molar-refractivity contribution is -0.135. The van der Waals surface area contributed by atoms with Crippen molar-refractivity contribution in [2.24, 2.45) is 0 Å². The van der Waals surface area contributed by atoms with E-state index in [9.17, 15) is 4.39 Å². The number of halogens is 1. The molecule has 3 rings (SSSR count). The topological polar surface area (TPSA) is 30.5 Å². The molecule has 104 valence electrons. The molecule has 19 heavy (non-hydrogen) atoms. The normalized spacial score (nSPS) is 32.6. The van der Waals surface area contributed by atoms with Gasteiger partial charge in [-0.1, -0.05) is 0 Å². The van der Waals surface area contributed by atoms with Gasteiger partial charge in [0.2, 0.25) is 0 Å². The maximum absolute atomic E-state index is 13.4. The molecule has 0 aromatic heterocycles. The number of fused-ring (bicyclic) bond motifs is 1. The Morgan fingerprint density at radius 2 is 2.21 bits per heavy atom. The van der Waals surface area contributed by atoms with E-state index in [0.29, 0.717) is 6.10 Å². The molecule has 1 heterocycles. The number of hydrogen-bond donors (Lipinski definition) is 1. The number of ether oxygens (including phenoxy) is 2. The predicted octanol–water partition coefficient (Wildman–Crippen LogP) is 2.81. The fourth-order valence-corrected chi connectivity index (χ4v) is 3.27. The van der Waals surface area contributed by atoms with E-state index >= 15 is 0 Å². The standard InChI is InChI=1S/C15H20FNO2/c1-3-18-11-7-15(8-11)9-13(17-2)12-6-10(16)4-5-14(12)19-15/h4-6,11,13,17H,3,7-9H2,1-2H3. The van der Waals surface area contributed by atoms with Gasteiger partial charge < -0.3 is 14.8 Å². The quantitative estimate of drug-likeness (QED) is 0.911. The zero-order valence-corrected chi connectivity index (χ0v) is 11.4. The summed E-state index contributed by atoms with van der Waals surface area (Å²) in [4.78, 5) is 0. The van der Waals surface area contributed by atoms with Crippen LogP contribution in [0.3, 0.4) is 0 Å². The van der Waals surface area contributed by atoms with E-state index in [4.69, 9.17) is 9.47 Å². The second-order valence-electron chi connectivity index (χ2n) is 5.50. The zero-order valence-electron chi connectivity index (χ0n) is 11.4. The summed E-state index contributed by atoms with van der Waals surface area (Å²) < 4.78 is 25.1.